The van der Waals surface area contributed by atoms with Gasteiger partial charge in [0.25, 0.3) is 0 Å². The average molecular weight is 298 g/mol. The van der Waals surface area contributed by atoms with Gasteiger partial charge in [0.2, 0.25) is 0 Å². The predicted molar refractivity (Wildman–Crippen MR) is 83.2 cm³/mol. The Kier molecular flexibility index (Phi) is 3.47. The third-order valence-electron chi connectivity index (χ3n) is 3.47. The van der Waals surface area contributed by atoms with Crippen LogP contribution in [0.25, 0.3) is 16.0 Å². The van der Waals surface area contributed by atoms with E-state index in [0.717, 1.165) is 20.9 Å². The molecule has 2 aromatic rings. The third-order valence-corrected chi connectivity index (χ3v) is 4.72. The molecule has 1 aliphatic rings. The van der Waals surface area contributed by atoms with Gasteiger partial charge in [-0.1, -0.05) is 29.8 Å². The maximum atomic E-state index is 11.8. The highest BCUT2D eigenvalue weighted by Gasteiger charge is 2.26. The van der Waals surface area contributed by atoms with Crippen molar-refractivity contribution >= 4 is 28.7 Å². The number of allylic oxidation sites excluding steroid dienone is 1. The van der Waals surface area contributed by atoms with E-state index in [1.54, 1.807) is 0 Å². The molecule has 0 amide bonds. The molecule has 0 bridgehead atoms. The van der Waals surface area contributed by atoms with Crippen molar-refractivity contribution in [1.82, 2.24) is 0 Å². The molecule has 3 rings (SSSR count). The summed E-state index contributed by atoms with van der Waals surface area (Å²) in [5.41, 5.74) is 3.57. The number of rotatable bonds is 2. The summed E-state index contributed by atoms with van der Waals surface area (Å²) >= 11 is 1.53. The second kappa shape index (κ2) is 5.30. The van der Waals surface area contributed by atoms with Gasteiger partial charge >= 0.3 is 5.97 Å². The number of thiophene rings is 1. The van der Waals surface area contributed by atoms with Crippen molar-refractivity contribution in [2.75, 3.05) is 7.11 Å². The summed E-state index contributed by atoms with van der Waals surface area (Å²) < 4.78 is 4.77. The molecule has 21 heavy (non-hydrogen) atoms. The fraction of sp³-hybridized carbons (Fsp3) is 0.176. The van der Waals surface area contributed by atoms with Crippen molar-refractivity contribution in [2.24, 2.45) is 0 Å². The smallest absolute Gasteiger partial charge is 0.339 e. The number of aryl methyl sites for hydroxylation is 1. The molecular formula is C17H14O3S. The van der Waals surface area contributed by atoms with Gasteiger partial charge in [0.05, 0.1) is 12.7 Å². The molecule has 0 spiro atoms. The zero-order chi connectivity index (χ0) is 15.0. The molecule has 4 heteroatoms. The number of hydrogen-bond acceptors (Lipinski definition) is 4. The fourth-order valence-electron chi connectivity index (χ4n) is 2.37. The van der Waals surface area contributed by atoms with Crippen LogP contribution in [0.5, 0.6) is 0 Å². The molecule has 0 atom stereocenters. The second-order valence-electron chi connectivity index (χ2n) is 5.02. The maximum Gasteiger partial charge on any atom is 0.339 e. The van der Waals surface area contributed by atoms with Gasteiger partial charge in [0.15, 0.2) is 5.78 Å². The monoisotopic (exact) mass is 298 g/mol. The van der Waals surface area contributed by atoms with Crippen molar-refractivity contribution in [1.29, 1.82) is 0 Å². The van der Waals surface area contributed by atoms with Crippen molar-refractivity contribution in [3.8, 4) is 10.4 Å². The summed E-state index contributed by atoms with van der Waals surface area (Å²) in [4.78, 5) is 25.5. The first kappa shape index (κ1) is 13.8. The molecule has 0 aliphatic heterocycles. The van der Waals surface area contributed by atoms with Crippen LogP contribution in [-0.4, -0.2) is 18.9 Å². The first-order valence-electron chi connectivity index (χ1n) is 6.61. The largest absolute Gasteiger partial charge is 0.465 e. The second-order valence-corrected chi connectivity index (χ2v) is 6.08. The lowest BCUT2D eigenvalue weighted by Gasteiger charge is -2.10. The van der Waals surface area contributed by atoms with Crippen molar-refractivity contribution in [3.63, 3.8) is 0 Å². The molecule has 3 nitrogen and oxygen atoms in total. The highest BCUT2D eigenvalue weighted by Crippen LogP contribution is 2.38. The molecule has 1 aromatic heterocycles. The summed E-state index contributed by atoms with van der Waals surface area (Å²) in [5.74, 6) is -0.516. The zero-order valence-corrected chi connectivity index (χ0v) is 12.6. The molecule has 1 aromatic carbocycles. The van der Waals surface area contributed by atoms with Gasteiger partial charge in [-0.15, -0.1) is 11.3 Å². The summed E-state index contributed by atoms with van der Waals surface area (Å²) in [5, 5.41) is 0. The summed E-state index contributed by atoms with van der Waals surface area (Å²) in [6.07, 6.45) is 1.74. The number of benzene rings is 1. The van der Waals surface area contributed by atoms with E-state index in [2.05, 4.69) is 24.3 Å². The lowest BCUT2D eigenvalue weighted by Crippen LogP contribution is -2.13. The van der Waals surface area contributed by atoms with Crippen LogP contribution in [0.15, 0.2) is 36.4 Å². The molecule has 0 fully saturated rings. The Bertz CT molecular complexity index is 751. The first-order chi connectivity index (χ1) is 10.1. The van der Waals surface area contributed by atoms with Gasteiger partial charge < -0.3 is 4.74 Å². The molecule has 0 radical (unpaired) electrons. The van der Waals surface area contributed by atoms with Crippen LogP contribution in [0.4, 0.5) is 0 Å². The highest BCUT2D eigenvalue weighted by atomic mass is 32.1. The third kappa shape index (κ3) is 2.54. The predicted octanol–water partition coefficient (Wildman–Crippen LogP) is 3.41. The van der Waals surface area contributed by atoms with E-state index in [9.17, 15) is 9.59 Å². The van der Waals surface area contributed by atoms with Gasteiger partial charge in [-0.2, -0.15) is 0 Å². The first-order valence-corrected chi connectivity index (χ1v) is 7.43. The van der Waals surface area contributed by atoms with E-state index >= 15 is 0 Å². The van der Waals surface area contributed by atoms with Crippen LogP contribution >= 0.6 is 11.3 Å². The van der Waals surface area contributed by atoms with E-state index < -0.39 is 5.97 Å². The Morgan fingerprint density at radius 1 is 1.24 bits per heavy atom. The van der Waals surface area contributed by atoms with E-state index in [0.29, 0.717) is 12.0 Å². The molecule has 0 unspecified atom stereocenters. The number of hydrogen-bond donors (Lipinski definition) is 0. The van der Waals surface area contributed by atoms with Crippen LogP contribution < -0.4 is 0 Å². The quantitative estimate of drug-likeness (QED) is 0.798. The molecule has 0 N–H and O–H groups in total. The number of ketones is 1. The van der Waals surface area contributed by atoms with Gasteiger partial charge in [0.1, 0.15) is 0 Å². The van der Waals surface area contributed by atoms with Gasteiger partial charge in [-0.25, -0.2) is 4.79 Å². The number of esters is 1. The standard InChI is InChI=1S/C17H14O3S/c1-10-3-5-11(6-4-10)15-8-12-7-13(18)9-14(16(12)21-15)17(19)20-2/h3-6,8-9H,7H2,1-2H3. The molecule has 106 valence electrons. The Labute approximate surface area is 126 Å². The van der Waals surface area contributed by atoms with E-state index in [1.165, 1.54) is 30.1 Å². The summed E-state index contributed by atoms with van der Waals surface area (Å²) in [7, 11) is 1.33. The van der Waals surface area contributed by atoms with Crippen molar-refractivity contribution in [3.05, 3.63) is 52.4 Å². The Balaban J connectivity index is 2.07. The SMILES string of the molecule is COC(=O)C1=CC(=O)Cc2cc(-c3ccc(C)cc3)sc21. The summed E-state index contributed by atoms with van der Waals surface area (Å²) in [6.45, 7) is 2.04. The number of carbonyl (C=O) groups is 2. The van der Waals surface area contributed by atoms with E-state index in [-0.39, 0.29) is 5.78 Å². The van der Waals surface area contributed by atoms with Crippen LogP contribution in [0.1, 0.15) is 16.0 Å². The van der Waals surface area contributed by atoms with E-state index in [1.807, 2.05) is 13.0 Å². The molecule has 1 heterocycles. The van der Waals surface area contributed by atoms with Crippen LogP contribution in [-0.2, 0) is 20.7 Å². The fourth-order valence-corrected chi connectivity index (χ4v) is 3.56. The Morgan fingerprint density at radius 3 is 2.62 bits per heavy atom. The van der Waals surface area contributed by atoms with Gasteiger partial charge in [-0.3, -0.25) is 4.79 Å². The lowest BCUT2D eigenvalue weighted by molar-refractivity contribution is -0.134. The number of ether oxygens (including phenoxy) is 1. The van der Waals surface area contributed by atoms with Crippen molar-refractivity contribution < 1.29 is 14.3 Å². The zero-order valence-electron chi connectivity index (χ0n) is 11.8. The Morgan fingerprint density at radius 2 is 1.95 bits per heavy atom. The summed E-state index contributed by atoms with van der Waals surface area (Å²) in [6, 6.07) is 10.2. The average Bonchev–Trinajstić information content (AvgIpc) is 2.89. The van der Waals surface area contributed by atoms with Crippen LogP contribution in [0.2, 0.25) is 0 Å². The molecule has 0 saturated heterocycles. The minimum absolute atomic E-state index is 0.0591. The topological polar surface area (TPSA) is 43.4 Å². The Hall–Kier alpha value is -2.20. The highest BCUT2D eigenvalue weighted by molar-refractivity contribution is 7.17. The normalized spacial score (nSPS) is 13.6. The van der Waals surface area contributed by atoms with Crippen LogP contribution in [0, 0.1) is 6.92 Å². The number of fused-ring (bicyclic) bond motifs is 1. The van der Waals surface area contributed by atoms with Gasteiger partial charge in [0, 0.05) is 16.2 Å². The number of methoxy groups -OCH3 is 1. The number of carbonyl (C=O) groups excluding carboxylic acids is 2. The maximum absolute atomic E-state index is 11.8. The molecular weight excluding hydrogens is 284 g/mol. The lowest BCUT2D eigenvalue weighted by atomic mass is 9.97. The molecule has 0 saturated carbocycles. The minimum atomic E-state index is -0.457. The van der Waals surface area contributed by atoms with Crippen LogP contribution in [0.3, 0.4) is 0 Å². The minimum Gasteiger partial charge on any atom is -0.465 e. The van der Waals surface area contributed by atoms with Crippen molar-refractivity contribution in [2.45, 2.75) is 13.3 Å². The van der Waals surface area contributed by atoms with E-state index in [4.69, 9.17) is 4.74 Å². The molecule has 1 aliphatic carbocycles. The van der Waals surface area contributed by atoms with Gasteiger partial charge in [-0.05, 0) is 30.2 Å².